The van der Waals surface area contributed by atoms with E-state index in [1.54, 1.807) is 0 Å². The lowest BCUT2D eigenvalue weighted by atomic mass is 10.1. The van der Waals surface area contributed by atoms with Crippen LogP contribution in [0.15, 0.2) is 0 Å². The van der Waals surface area contributed by atoms with Gasteiger partial charge < -0.3 is 37.6 Å². The molecule has 0 rings (SSSR count). The summed E-state index contributed by atoms with van der Waals surface area (Å²) in [6.07, 6.45) is 2.43. The van der Waals surface area contributed by atoms with Crippen LogP contribution in [-0.2, 0) is 19.2 Å². The Morgan fingerprint density at radius 1 is 0.933 bits per heavy atom. The number of aliphatic carboxylic acids is 1. The zero-order valence-corrected chi connectivity index (χ0v) is 18.5. The Balaban J connectivity index is 5.02. The van der Waals surface area contributed by atoms with Gasteiger partial charge in [-0.05, 0) is 58.1 Å². The summed E-state index contributed by atoms with van der Waals surface area (Å²) in [5.74, 6) is -2.56. The number of hydrogen-bond acceptors (Lipinski definition) is 8. The lowest BCUT2D eigenvalue weighted by Crippen LogP contribution is -2.57. The number of carbonyl (C=O) groups excluding carboxylic acids is 3. The summed E-state index contributed by atoms with van der Waals surface area (Å²) >= 11 is 1.47. The summed E-state index contributed by atoms with van der Waals surface area (Å²) < 4.78 is 0. The Labute approximate surface area is 181 Å². The van der Waals surface area contributed by atoms with Crippen LogP contribution in [0.25, 0.3) is 0 Å². The van der Waals surface area contributed by atoms with Crippen LogP contribution in [-0.4, -0.2) is 82.7 Å². The van der Waals surface area contributed by atoms with Gasteiger partial charge in [0.25, 0.3) is 0 Å². The van der Waals surface area contributed by atoms with Gasteiger partial charge in [-0.15, -0.1) is 0 Å². The molecule has 0 radical (unpaired) electrons. The Morgan fingerprint density at radius 3 is 2.03 bits per heavy atom. The van der Waals surface area contributed by atoms with Crippen molar-refractivity contribution in [2.75, 3.05) is 18.6 Å². The number of carbonyl (C=O) groups is 4. The topological polar surface area (TPSA) is 197 Å². The van der Waals surface area contributed by atoms with Crippen molar-refractivity contribution in [3.05, 3.63) is 0 Å². The van der Waals surface area contributed by atoms with Crippen LogP contribution < -0.4 is 27.4 Å². The number of amides is 3. The lowest BCUT2D eigenvalue weighted by Gasteiger charge is -2.24. The quantitative estimate of drug-likeness (QED) is 0.140. The molecule has 5 unspecified atom stereocenters. The fourth-order valence-electron chi connectivity index (χ4n) is 2.42. The van der Waals surface area contributed by atoms with Gasteiger partial charge in [0.1, 0.15) is 24.2 Å². The van der Waals surface area contributed by atoms with Crippen molar-refractivity contribution in [3.8, 4) is 0 Å². The van der Waals surface area contributed by atoms with Crippen LogP contribution in [0.1, 0.15) is 39.5 Å². The van der Waals surface area contributed by atoms with Gasteiger partial charge >= 0.3 is 5.97 Å². The zero-order valence-electron chi connectivity index (χ0n) is 17.7. The Bertz CT molecular complexity index is 577. The van der Waals surface area contributed by atoms with Crippen molar-refractivity contribution in [2.24, 2.45) is 11.5 Å². The number of aliphatic hydroxyl groups excluding tert-OH is 1. The Kier molecular flexibility index (Phi) is 14.0. The second kappa shape index (κ2) is 15.0. The second-order valence-electron chi connectivity index (χ2n) is 7.02. The van der Waals surface area contributed by atoms with E-state index in [4.69, 9.17) is 11.5 Å². The van der Waals surface area contributed by atoms with Crippen LogP contribution in [0.5, 0.6) is 0 Å². The summed E-state index contributed by atoms with van der Waals surface area (Å²) in [5.41, 5.74) is 10.9. The van der Waals surface area contributed by atoms with E-state index < -0.39 is 54.0 Å². The predicted octanol–water partition coefficient (Wildman–Crippen LogP) is -1.86. The first kappa shape index (κ1) is 28.1. The summed E-state index contributed by atoms with van der Waals surface area (Å²) in [6.45, 7) is 3.19. The van der Waals surface area contributed by atoms with E-state index in [0.29, 0.717) is 25.1 Å². The van der Waals surface area contributed by atoms with E-state index in [1.165, 1.54) is 25.6 Å². The van der Waals surface area contributed by atoms with E-state index in [1.807, 2.05) is 6.26 Å². The van der Waals surface area contributed by atoms with Crippen LogP contribution in [0.3, 0.4) is 0 Å². The molecule has 174 valence electrons. The van der Waals surface area contributed by atoms with Crippen LogP contribution in [0, 0.1) is 0 Å². The molecule has 5 atom stereocenters. The molecule has 0 saturated carbocycles. The first-order chi connectivity index (χ1) is 14.0. The molecule has 30 heavy (non-hydrogen) atoms. The molecule has 9 N–H and O–H groups in total. The highest BCUT2D eigenvalue weighted by Gasteiger charge is 2.29. The third-order valence-electron chi connectivity index (χ3n) is 4.38. The highest BCUT2D eigenvalue weighted by Crippen LogP contribution is 2.05. The predicted molar refractivity (Wildman–Crippen MR) is 115 cm³/mol. The number of rotatable bonds is 15. The van der Waals surface area contributed by atoms with Crippen molar-refractivity contribution >= 4 is 35.5 Å². The SMILES string of the molecule is CSCCC(NC(=O)C(C)NC(=O)C(N)C(C)O)C(=O)NC(CCCCN)C(=O)O. The lowest BCUT2D eigenvalue weighted by molar-refractivity contribution is -0.142. The number of aliphatic hydroxyl groups is 1. The minimum absolute atomic E-state index is 0.227. The maximum Gasteiger partial charge on any atom is 0.326 e. The van der Waals surface area contributed by atoms with Gasteiger partial charge in [0.15, 0.2) is 0 Å². The number of unbranched alkanes of at least 4 members (excludes halogenated alkanes) is 1. The maximum absolute atomic E-state index is 12.6. The third-order valence-corrected chi connectivity index (χ3v) is 5.02. The molecule has 0 spiro atoms. The van der Waals surface area contributed by atoms with Gasteiger partial charge in [0.05, 0.1) is 6.10 Å². The molecule has 11 nitrogen and oxygen atoms in total. The molecular weight excluding hydrogens is 414 g/mol. The summed E-state index contributed by atoms with van der Waals surface area (Å²) in [7, 11) is 0. The van der Waals surface area contributed by atoms with Crippen molar-refractivity contribution in [3.63, 3.8) is 0 Å². The molecule has 0 aliphatic carbocycles. The molecule has 0 heterocycles. The molecule has 0 aromatic heterocycles. The molecule has 0 aromatic carbocycles. The average molecular weight is 450 g/mol. The standard InChI is InChI=1S/C18H35N5O6S/c1-10(21-17(27)14(20)11(2)24)15(25)22-12(7-9-30-3)16(26)23-13(18(28)29)6-4-5-8-19/h10-14,24H,4-9,19-20H2,1-3H3,(H,21,27)(H,22,25)(H,23,26)(H,28,29). The van der Waals surface area contributed by atoms with Gasteiger partial charge in [0, 0.05) is 0 Å². The molecule has 0 aliphatic heterocycles. The van der Waals surface area contributed by atoms with E-state index in [0.717, 1.165) is 0 Å². The number of nitrogens with one attached hydrogen (secondary N) is 3. The summed E-state index contributed by atoms with van der Waals surface area (Å²) in [4.78, 5) is 48.4. The monoisotopic (exact) mass is 449 g/mol. The second-order valence-corrected chi connectivity index (χ2v) is 8.01. The normalized spacial score (nSPS) is 15.9. The van der Waals surface area contributed by atoms with Gasteiger partial charge in [-0.1, -0.05) is 0 Å². The first-order valence-electron chi connectivity index (χ1n) is 9.81. The van der Waals surface area contributed by atoms with E-state index in [-0.39, 0.29) is 12.8 Å². The van der Waals surface area contributed by atoms with E-state index >= 15 is 0 Å². The zero-order chi connectivity index (χ0) is 23.3. The Hall–Kier alpha value is -1.89. The fourth-order valence-corrected chi connectivity index (χ4v) is 2.89. The molecule has 0 bridgehead atoms. The van der Waals surface area contributed by atoms with Crippen molar-refractivity contribution < 1.29 is 29.4 Å². The minimum atomic E-state index is -1.19. The van der Waals surface area contributed by atoms with Crippen molar-refractivity contribution in [1.82, 2.24) is 16.0 Å². The minimum Gasteiger partial charge on any atom is -0.480 e. The fraction of sp³-hybridized carbons (Fsp3) is 0.778. The maximum atomic E-state index is 12.6. The smallest absolute Gasteiger partial charge is 0.326 e. The third kappa shape index (κ3) is 10.8. The number of nitrogens with two attached hydrogens (primary N) is 2. The molecule has 3 amide bonds. The van der Waals surface area contributed by atoms with Crippen molar-refractivity contribution in [1.29, 1.82) is 0 Å². The first-order valence-corrected chi connectivity index (χ1v) is 11.2. The van der Waals surface area contributed by atoms with Gasteiger partial charge in [-0.2, -0.15) is 11.8 Å². The molecular formula is C18H35N5O6S. The highest BCUT2D eigenvalue weighted by molar-refractivity contribution is 7.98. The van der Waals surface area contributed by atoms with E-state index in [9.17, 15) is 29.4 Å². The summed E-state index contributed by atoms with van der Waals surface area (Å²) in [5, 5.41) is 26.1. The number of carboxylic acid groups (broad SMARTS) is 1. The highest BCUT2D eigenvalue weighted by atomic mass is 32.2. The van der Waals surface area contributed by atoms with Crippen LogP contribution >= 0.6 is 11.8 Å². The molecule has 0 fully saturated rings. The Morgan fingerprint density at radius 2 is 1.53 bits per heavy atom. The van der Waals surface area contributed by atoms with Gasteiger partial charge in [-0.3, -0.25) is 14.4 Å². The number of thioether (sulfide) groups is 1. The van der Waals surface area contributed by atoms with Crippen LogP contribution in [0.2, 0.25) is 0 Å². The molecule has 0 aromatic rings. The van der Waals surface area contributed by atoms with Gasteiger partial charge in [0.2, 0.25) is 17.7 Å². The molecule has 0 aliphatic rings. The van der Waals surface area contributed by atoms with E-state index in [2.05, 4.69) is 16.0 Å². The van der Waals surface area contributed by atoms with Crippen molar-refractivity contribution in [2.45, 2.75) is 69.8 Å². The van der Waals surface area contributed by atoms with Crippen LogP contribution in [0.4, 0.5) is 0 Å². The molecule has 0 saturated heterocycles. The average Bonchev–Trinajstić information content (AvgIpc) is 2.68. The number of carboxylic acids is 1. The van der Waals surface area contributed by atoms with Gasteiger partial charge in [-0.25, -0.2) is 4.79 Å². The summed E-state index contributed by atoms with van der Waals surface area (Å²) in [6, 6.07) is -4.25. The largest absolute Gasteiger partial charge is 0.480 e. The number of hydrogen-bond donors (Lipinski definition) is 7. The molecule has 12 heteroatoms.